The molecule has 6 nitrogen and oxygen atoms in total. The molecule has 1 saturated heterocycles. The smallest absolute Gasteiger partial charge is 0.255 e. The van der Waals surface area contributed by atoms with Gasteiger partial charge in [-0.3, -0.25) is 19.3 Å². The number of benzene rings is 3. The highest BCUT2D eigenvalue weighted by atomic mass is 35.5. The van der Waals surface area contributed by atoms with E-state index in [1.807, 2.05) is 18.2 Å². The van der Waals surface area contributed by atoms with Crippen LogP contribution in [0.1, 0.15) is 41.1 Å². The Morgan fingerprint density at radius 1 is 0.943 bits per heavy atom. The number of hydrogen-bond acceptors (Lipinski definition) is 4. The molecular weight excluding hydrogens is 464 g/mol. The maximum atomic E-state index is 13.4. The van der Waals surface area contributed by atoms with Crippen LogP contribution in [0.5, 0.6) is 5.75 Å². The van der Waals surface area contributed by atoms with E-state index in [1.165, 1.54) is 17.6 Å². The van der Waals surface area contributed by atoms with Crippen LogP contribution in [0.4, 0.5) is 11.4 Å². The van der Waals surface area contributed by atoms with E-state index in [0.717, 1.165) is 6.42 Å². The summed E-state index contributed by atoms with van der Waals surface area (Å²) in [5.74, 6) is -0.673. The largest absolute Gasteiger partial charge is 0.495 e. The van der Waals surface area contributed by atoms with Gasteiger partial charge >= 0.3 is 0 Å². The lowest BCUT2D eigenvalue weighted by molar-refractivity contribution is -0.122. The Balaban J connectivity index is 1.37. The van der Waals surface area contributed by atoms with E-state index in [4.69, 9.17) is 16.3 Å². The van der Waals surface area contributed by atoms with Crippen molar-refractivity contribution < 1.29 is 19.1 Å². The van der Waals surface area contributed by atoms with Gasteiger partial charge < -0.3 is 10.1 Å². The SMILES string of the molecule is COc1ccc(Cl)cc1NC(=O)c1cccc(N2C(=O)[C@H]3CC[C@@H](c4ccccc4)C[C@@H]3C2=O)c1. The Morgan fingerprint density at radius 2 is 1.71 bits per heavy atom. The van der Waals surface area contributed by atoms with E-state index in [-0.39, 0.29) is 29.6 Å². The molecule has 0 bridgehead atoms. The summed E-state index contributed by atoms with van der Waals surface area (Å²) in [6, 6.07) is 21.7. The first-order valence-electron chi connectivity index (χ1n) is 11.6. The Kier molecular flexibility index (Phi) is 6.31. The molecule has 3 atom stereocenters. The number of carbonyl (C=O) groups is 3. The van der Waals surface area contributed by atoms with Crippen molar-refractivity contribution in [3.05, 3.63) is 88.9 Å². The van der Waals surface area contributed by atoms with Crippen LogP contribution in [-0.2, 0) is 9.59 Å². The third-order valence-electron chi connectivity index (χ3n) is 6.97. The van der Waals surface area contributed by atoms with Crippen LogP contribution in [0.3, 0.4) is 0 Å². The fourth-order valence-corrected chi connectivity index (χ4v) is 5.39. The minimum atomic E-state index is -0.395. The van der Waals surface area contributed by atoms with Crippen molar-refractivity contribution in [3.8, 4) is 5.75 Å². The number of rotatable bonds is 5. The molecule has 1 aliphatic carbocycles. The summed E-state index contributed by atoms with van der Waals surface area (Å²) >= 11 is 6.07. The van der Waals surface area contributed by atoms with E-state index in [0.29, 0.717) is 40.6 Å². The molecule has 7 heteroatoms. The molecular formula is C28H25ClN2O4. The third-order valence-corrected chi connectivity index (χ3v) is 7.21. The standard InChI is InChI=1S/C28H25ClN2O4/c1-35-25-13-11-20(29)16-24(25)30-26(32)19-8-5-9-21(14-19)31-27(33)22-12-10-18(15-23(22)28(31)34)17-6-3-2-4-7-17/h2-9,11,13-14,16,18,22-23H,10,12,15H2,1H3,(H,30,32)/t18-,22+,23+/m1/s1. The topological polar surface area (TPSA) is 75.7 Å². The van der Waals surface area contributed by atoms with Crippen molar-refractivity contribution in [2.24, 2.45) is 11.8 Å². The molecule has 1 heterocycles. The number of anilines is 2. The van der Waals surface area contributed by atoms with Gasteiger partial charge in [-0.15, -0.1) is 0 Å². The molecule has 35 heavy (non-hydrogen) atoms. The molecule has 178 valence electrons. The molecule has 5 rings (SSSR count). The second kappa shape index (κ2) is 9.55. The summed E-state index contributed by atoms with van der Waals surface area (Å²) in [6.45, 7) is 0. The lowest BCUT2D eigenvalue weighted by Gasteiger charge is -2.28. The quantitative estimate of drug-likeness (QED) is 0.469. The maximum Gasteiger partial charge on any atom is 0.255 e. The minimum absolute atomic E-state index is 0.180. The molecule has 2 aliphatic rings. The van der Waals surface area contributed by atoms with Crippen molar-refractivity contribution in [1.29, 1.82) is 0 Å². The first-order chi connectivity index (χ1) is 17.0. The number of carbonyl (C=O) groups excluding carboxylic acids is 3. The van der Waals surface area contributed by atoms with Gasteiger partial charge in [-0.1, -0.05) is 48.0 Å². The van der Waals surface area contributed by atoms with Crippen LogP contribution in [0.15, 0.2) is 72.8 Å². The first-order valence-corrected chi connectivity index (χ1v) is 12.0. The van der Waals surface area contributed by atoms with Crippen LogP contribution in [0, 0.1) is 11.8 Å². The van der Waals surface area contributed by atoms with Crippen molar-refractivity contribution >= 4 is 40.7 Å². The first kappa shape index (κ1) is 23.1. The number of hydrogen-bond donors (Lipinski definition) is 1. The summed E-state index contributed by atoms with van der Waals surface area (Å²) in [6.07, 6.45) is 2.21. The lowest BCUT2D eigenvalue weighted by Crippen LogP contribution is -2.31. The fourth-order valence-electron chi connectivity index (χ4n) is 5.22. The van der Waals surface area contributed by atoms with Gasteiger partial charge in [-0.2, -0.15) is 0 Å². The number of nitrogens with one attached hydrogen (secondary N) is 1. The average molecular weight is 489 g/mol. The number of fused-ring (bicyclic) bond motifs is 1. The average Bonchev–Trinajstić information content (AvgIpc) is 3.14. The second-order valence-electron chi connectivity index (χ2n) is 8.99. The summed E-state index contributed by atoms with van der Waals surface area (Å²) in [4.78, 5) is 40.9. The summed E-state index contributed by atoms with van der Waals surface area (Å²) in [7, 11) is 1.51. The van der Waals surface area contributed by atoms with Crippen molar-refractivity contribution in [2.45, 2.75) is 25.2 Å². The van der Waals surface area contributed by atoms with Gasteiger partial charge in [0, 0.05) is 10.6 Å². The highest BCUT2D eigenvalue weighted by molar-refractivity contribution is 6.31. The Labute approximate surface area is 208 Å². The summed E-state index contributed by atoms with van der Waals surface area (Å²) in [5.41, 5.74) is 2.37. The zero-order valence-corrected chi connectivity index (χ0v) is 20.0. The Bertz CT molecular complexity index is 1290. The number of nitrogens with zero attached hydrogens (tertiary/aromatic N) is 1. The molecule has 3 aromatic carbocycles. The second-order valence-corrected chi connectivity index (χ2v) is 9.43. The van der Waals surface area contributed by atoms with Gasteiger partial charge in [0.2, 0.25) is 11.8 Å². The molecule has 0 radical (unpaired) electrons. The van der Waals surface area contributed by atoms with Crippen molar-refractivity contribution in [3.63, 3.8) is 0 Å². The van der Waals surface area contributed by atoms with E-state index in [1.54, 1.807) is 42.5 Å². The maximum absolute atomic E-state index is 13.4. The van der Waals surface area contributed by atoms with Gasteiger partial charge in [0.1, 0.15) is 5.75 Å². The monoisotopic (exact) mass is 488 g/mol. The molecule has 3 amide bonds. The minimum Gasteiger partial charge on any atom is -0.495 e. The van der Waals surface area contributed by atoms with E-state index < -0.39 is 5.91 Å². The third kappa shape index (κ3) is 4.42. The van der Waals surface area contributed by atoms with Gasteiger partial charge in [0.25, 0.3) is 5.91 Å². The van der Waals surface area contributed by atoms with Gasteiger partial charge in [0.15, 0.2) is 0 Å². The Morgan fingerprint density at radius 3 is 2.49 bits per heavy atom. The molecule has 1 N–H and O–H groups in total. The van der Waals surface area contributed by atoms with Crippen LogP contribution in [0.2, 0.25) is 5.02 Å². The van der Waals surface area contributed by atoms with Gasteiger partial charge in [-0.05, 0) is 67.1 Å². The lowest BCUT2D eigenvalue weighted by atomic mass is 9.73. The van der Waals surface area contributed by atoms with Crippen molar-refractivity contribution in [2.75, 3.05) is 17.3 Å². The van der Waals surface area contributed by atoms with Crippen LogP contribution in [-0.4, -0.2) is 24.8 Å². The number of methoxy groups -OCH3 is 1. The van der Waals surface area contributed by atoms with Crippen LogP contribution < -0.4 is 15.0 Å². The normalized spacial score (nSPS) is 21.5. The molecule has 0 aromatic heterocycles. The molecule has 1 aliphatic heterocycles. The van der Waals surface area contributed by atoms with E-state index in [9.17, 15) is 14.4 Å². The number of halogens is 1. The van der Waals surface area contributed by atoms with Crippen LogP contribution >= 0.6 is 11.6 Å². The predicted octanol–water partition coefficient (Wildman–Crippen LogP) is 5.67. The van der Waals surface area contributed by atoms with Crippen molar-refractivity contribution in [1.82, 2.24) is 0 Å². The summed E-state index contributed by atoms with van der Waals surface area (Å²) < 4.78 is 5.29. The molecule has 1 saturated carbocycles. The highest BCUT2D eigenvalue weighted by Gasteiger charge is 2.50. The summed E-state index contributed by atoms with van der Waals surface area (Å²) in [5, 5.41) is 3.25. The molecule has 0 spiro atoms. The molecule has 2 fully saturated rings. The predicted molar refractivity (Wildman–Crippen MR) is 135 cm³/mol. The number of imide groups is 1. The zero-order chi connectivity index (χ0) is 24.5. The van der Waals surface area contributed by atoms with Gasteiger partial charge in [0.05, 0.1) is 30.3 Å². The van der Waals surface area contributed by atoms with Crippen LogP contribution in [0.25, 0.3) is 0 Å². The molecule has 0 unspecified atom stereocenters. The molecule has 3 aromatic rings. The number of ether oxygens (including phenoxy) is 1. The Hall–Kier alpha value is -3.64. The highest BCUT2D eigenvalue weighted by Crippen LogP contribution is 2.45. The van der Waals surface area contributed by atoms with E-state index >= 15 is 0 Å². The fraction of sp³-hybridized carbons (Fsp3) is 0.250. The van der Waals surface area contributed by atoms with Gasteiger partial charge in [-0.25, -0.2) is 0 Å². The number of amides is 3. The zero-order valence-electron chi connectivity index (χ0n) is 19.2. The van der Waals surface area contributed by atoms with E-state index in [2.05, 4.69) is 17.4 Å².